The molecule has 9 aliphatic carbocycles. The summed E-state index contributed by atoms with van der Waals surface area (Å²) in [5.74, 6) is -2.51. The van der Waals surface area contributed by atoms with E-state index in [0.29, 0.717) is 113 Å². The standard InChI is InChI=1S/2C25H26ClF4N3O3.C22H27ClFN3O4/c2*1-15-11-23(33-21(34)14-36-18-4-5-19(26)20(27)10-18)6-8-24(15,9-7-23)22(35)32-13-17-3-2-16(12-31-17)25(28,29)30;1-14-10-21(27-19(29)13-31-16-3-4-17(23)18(24)9-16)5-7-22(14,8-6-21)20(30)26-11-15(12-28)25-2/h2*2-5,10,12,15H,6-9,11,13-14H2,1H3,(H,32,35)(H,33,34);3-4,9,12,14,28H,2,5-8,10-11,13H2,1H3,(H,26,30)(H,27,29)/t2*15-,23?,24?;/m10./s1. The Morgan fingerprint density at radius 1 is 0.505 bits per heavy atom. The van der Waals surface area contributed by atoms with Gasteiger partial charge >= 0.3 is 12.4 Å². The molecule has 556 valence electrons. The van der Waals surface area contributed by atoms with E-state index in [4.69, 9.17) is 54.1 Å². The minimum atomic E-state index is -4.46. The van der Waals surface area contributed by atoms with Gasteiger partial charge in [0.25, 0.3) is 17.7 Å². The number of nitrogens with zero attached hydrogens (tertiary/aromatic N) is 3. The van der Waals surface area contributed by atoms with Crippen LogP contribution in [0.25, 0.3) is 0 Å². The summed E-state index contributed by atoms with van der Waals surface area (Å²) in [5, 5.41) is 26.7. The van der Waals surface area contributed by atoms with Gasteiger partial charge in [-0.05, 0) is 181 Å². The van der Waals surface area contributed by atoms with E-state index in [9.17, 15) is 68.3 Å². The Morgan fingerprint density at radius 2 is 0.806 bits per heavy atom. The number of benzene rings is 3. The monoisotopic (exact) mass is 1510 g/mol. The van der Waals surface area contributed by atoms with Crippen LogP contribution < -0.4 is 46.1 Å². The van der Waals surface area contributed by atoms with Gasteiger partial charge in [-0.1, -0.05) is 55.6 Å². The Bertz CT molecular complexity index is 3780. The van der Waals surface area contributed by atoms with Gasteiger partial charge in [0, 0.05) is 47.2 Å². The number of hydrogen-bond donors (Lipinski definition) is 7. The third kappa shape index (κ3) is 18.8. The van der Waals surface area contributed by atoms with Crippen LogP contribution in [-0.2, 0) is 54.2 Å². The first kappa shape index (κ1) is 78.8. The highest BCUT2D eigenvalue weighted by Crippen LogP contribution is 2.58. The molecule has 3 atom stereocenters. The van der Waals surface area contributed by atoms with Crippen molar-refractivity contribution in [3.8, 4) is 17.2 Å². The molecular formula is C72H79Cl3F9N9O10. The van der Waals surface area contributed by atoms with E-state index < -0.39 is 68.3 Å². The summed E-state index contributed by atoms with van der Waals surface area (Å²) in [6, 6.07) is 16.3. The van der Waals surface area contributed by atoms with Gasteiger partial charge in [-0.15, -0.1) is 0 Å². The summed E-state index contributed by atoms with van der Waals surface area (Å²) in [4.78, 5) is 88.2. The molecule has 1 unspecified atom stereocenters. The van der Waals surface area contributed by atoms with E-state index >= 15 is 0 Å². The van der Waals surface area contributed by atoms with Gasteiger partial charge in [0.1, 0.15) is 41.0 Å². The van der Waals surface area contributed by atoms with Crippen molar-refractivity contribution < 1.29 is 87.6 Å². The second kappa shape index (κ2) is 32.3. The largest absolute Gasteiger partial charge is 0.514 e. The number of aliphatic hydroxyl groups is 1. The number of aliphatic imine (C=N–C) groups is 1. The van der Waals surface area contributed by atoms with Gasteiger partial charge in [-0.2, -0.15) is 26.3 Å². The Kier molecular flexibility index (Phi) is 24.7. The average Bonchev–Trinajstić information content (AvgIpc) is 0.748. The maximum atomic E-state index is 13.6. The molecule has 7 N–H and O–H groups in total. The van der Waals surface area contributed by atoms with Crippen LogP contribution in [0.5, 0.6) is 17.2 Å². The van der Waals surface area contributed by atoms with Gasteiger partial charge in [0.05, 0.1) is 79.2 Å². The molecule has 19 nitrogen and oxygen atoms in total. The fourth-order valence-electron chi connectivity index (χ4n) is 15.6. The predicted molar refractivity (Wildman–Crippen MR) is 363 cm³/mol. The Morgan fingerprint density at radius 3 is 1.05 bits per heavy atom. The minimum absolute atomic E-state index is 0.00836. The van der Waals surface area contributed by atoms with Crippen LogP contribution in [0.15, 0.2) is 108 Å². The van der Waals surface area contributed by atoms with Crippen LogP contribution in [0.3, 0.4) is 0 Å². The van der Waals surface area contributed by atoms with Crippen LogP contribution in [-0.4, -0.2) is 100 Å². The molecule has 9 fully saturated rings. The van der Waals surface area contributed by atoms with Crippen molar-refractivity contribution in [2.45, 2.75) is 159 Å². The number of hydrogen-bond acceptors (Lipinski definition) is 13. The van der Waals surface area contributed by atoms with Gasteiger partial charge < -0.3 is 51.2 Å². The molecule has 31 heteroatoms. The number of carbonyl (C=O) groups is 6. The Balaban J connectivity index is 0.000000180. The predicted octanol–water partition coefficient (Wildman–Crippen LogP) is 13.6. The van der Waals surface area contributed by atoms with Crippen molar-refractivity contribution >= 4 is 77.0 Å². The number of aromatic nitrogens is 2. The molecule has 14 rings (SSSR count). The van der Waals surface area contributed by atoms with E-state index in [0.717, 1.165) is 49.0 Å². The van der Waals surface area contributed by atoms with Crippen LogP contribution in [0.2, 0.25) is 15.1 Å². The van der Waals surface area contributed by atoms with Crippen molar-refractivity contribution in [1.82, 2.24) is 41.9 Å². The topological polar surface area (TPSA) is 261 Å². The zero-order valence-electron chi connectivity index (χ0n) is 56.5. The van der Waals surface area contributed by atoms with Gasteiger partial charge in [0.15, 0.2) is 19.8 Å². The van der Waals surface area contributed by atoms with Crippen LogP contribution in [0, 0.1) is 51.5 Å². The van der Waals surface area contributed by atoms with Gasteiger partial charge in [-0.3, -0.25) is 43.7 Å². The van der Waals surface area contributed by atoms with Crippen molar-refractivity contribution in [3.63, 3.8) is 0 Å². The SMILES string of the molecule is C=NC(=CO)CNC(=O)C12CCC(NC(=O)COc3ccc(Cl)c(F)c3)(CC1)CC2C.C[C@@H]1CC2(NC(=O)COc3ccc(Cl)c(F)c3)CCC1(C(=O)NCc1ccc(C(F)(F)F)cn1)CC2.C[C@H]1CC2(NC(=O)COc3ccc(Cl)c(F)c3)CCC1(C(=O)NCc1ccc(C(F)(F)F)cn1)CC2. The summed E-state index contributed by atoms with van der Waals surface area (Å²) in [6.07, 6.45) is 2.77. The quantitative estimate of drug-likeness (QED) is 0.0194. The van der Waals surface area contributed by atoms with Crippen molar-refractivity contribution in [2.24, 2.45) is 39.0 Å². The van der Waals surface area contributed by atoms with E-state index in [-0.39, 0.29) is 131 Å². The first-order valence-electron chi connectivity index (χ1n) is 33.4. The molecule has 2 heterocycles. The van der Waals surface area contributed by atoms with Crippen LogP contribution in [0.1, 0.15) is 140 Å². The lowest BCUT2D eigenvalue weighted by atomic mass is 9.52. The van der Waals surface area contributed by atoms with Crippen LogP contribution >= 0.6 is 34.8 Å². The van der Waals surface area contributed by atoms with Crippen molar-refractivity contribution in [3.05, 3.63) is 158 Å². The third-order valence-corrected chi connectivity index (χ3v) is 22.4. The lowest BCUT2D eigenvalue weighted by Crippen LogP contribution is -2.63. The summed E-state index contributed by atoms with van der Waals surface area (Å²) in [7, 11) is 0. The highest BCUT2D eigenvalue weighted by atomic mass is 35.5. The molecule has 9 saturated carbocycles. The van der Waals surface area contributed by atoms with Crippen molar-refractivity contribution in [1.29, 1.82) is 0 Å². The number of fused-ring (bicyclic) bond motifs is 9. The number of nitrogens with one attached hydrogen (secondary N) is 6. The number of aliphatic hydroxyl groups excluding tert-OH is 1. The summed E-state index contributed by atoms with van der Waals surface area (Å²) in [6.45, 7) is 8.75. The van der Waals surface area contributed by atoms with E-state index in [1.807, 2.05) is 20.8 Å². The van der Waals surface area contributed by atoms with Gasteiger partial charge in [0.2, 0.25) is 17.7 Å². The fourth-order valence-corrected chi connectivity index (χ4v) is 15.9. The molecule has 0 aliphatic heterocycles. The molecule has 6 bridgehead atoms. The number of carbonyl (C=O) groups excluding carboxylic acids is 6. The maximum absolute atomic E-state index is 13.6. The number of amides is 6. The zero-order chi connectivity index (χ0) is 74.9. The Hall–Kier alpha value is -8.37. The molecule has 2 aromatic heterocycles. The molecule has 3 aromatic carbocycles. The Labute approximate surface area is 603 Å². The highest BCUT2D eigenvalue weighted by Gasteiger charge is 2.59. The highest BCUT2D eigenvalue weighted by molar-refractivity contribution is 6.31. The fraction of sp³-hybridized carbons (Fsp3) is 0.486. The summed E-state index contributed by atoms with van der Waals surface area (Å²) >= 11 is 17.0. The molecule has 9 aliphatic rings. The second-order valence-corrected chi connectivity index (χ2v) is 29.0. The minimum Gasteiger partial charge on any atom is -0.514 e. The smallest absolute Gasteiger partial charge is 0.417 e. The molecule has 0 radical (unpaired) electrons. The number of alkyl halides is 6. The second-order valence-electron chi connectivity index (χ2n) is 27.8. The normalized spacial score (nSPS) is 26.0. The molecule has 5 aromatic rings. The summed E-state index contributed by atoms with van der Waals surface area (Å²) in [5.41, 5.74) is -3.65. The molecule has 0 spiro atoms. The molecule has 0 saturated heterocycles. The lowest BCUT2D eigenvalue weighted by molar-refractivity contribution is -0.147. The number of pyridine rings is 2. The van der Waals surface area contributed by atoms with E-state index in [1.54, 1.807) is 0 Å². The van der Waals surface area contributed by atoms with E-state index in [1.165, 1.54) is 48.5 Å². The van der Waals surface area contributed by atoms with Gasteiger partial charge in [-0.25, -0.2) is 13.2 Å². The van der Waals surface area contributed by atoms with Crippen molar-refractivity contribution in [2.75, 3.05) is 26.4 Å². The van der Waals surface area contributed by atoms with E-state index in [2.05, 4.69) is 53.6 Å². The summed E-state index contributed by atoms with van der Waals surface area (Å²) < 4.78 is 133. The number of halogens is 12. The third-order valence-electron chi connectivity index (χ3n) is 21.5. The number of rotatable bonds is 22. The lowest BCUT2D eigenvalue weighted by Gasteiger charge is -2.56. The maximum Gasteiger partial charge on any atom is 0.417 e. The molecule has 103 heavy (non-hydrogen) atoms. The number of ether oxygens (including phenoxy) is 3. The molecular weight excluding hydrogens is 1430 g/mol. The first-order valence-corrected chi connectivity index (χ1v) is 34.6. The molecule has 6 amide bonds. The average molecular weight is 1510 g/mol. The van der Waals surface area contributed by atoms with Crippen LogP contribution in [0.4, 0.5) is 39.5 Å². The first-order chi connectivity index (χ1) is 48.6. The zero-order valence-corrected chi connectivity index (χ0v) is 58.8.